The van der Waals surface area contributed by atoms with Gasteiger partial charge >= 0.3 is 0 Å². The van der Waals surface area contributed by atoms with Gasteiger partial charge in [-0.3, -0.25) is 0 Å². The SMILES string of the molecule is CCN(CCO)S(=O)(=O)c1cc(Cl)c(Br)s1. The molecule has 0 saturated heterocycles. The van der Waals surface area contributed by atoms with Gasteiger partial charge in [0.15, 0.2) is 0 Å². The van der Waals surface area contributed by atoms with E-state index in [9.17, 15) is 8.42 Å². The summed E-state index contributed by atoms with van der Waals surface area (Å²) in [6.07, 6.45) is 0. The molecule has 0 spiro atoms. The highest BCUT2D eigenvalue weighted by Crippen LogP contribution is 2.35. The number of hydrogen-bond donors (Lipinski definition) is 1. The van der Waals surface area contributed by atoms with Crippen LogP contribution >= 0.6 is 38.9 Å². The number of thiophene rings is 1. The second-order valence-electron chi connectivity index (χ2n) is 2.91. The number of halogens is 2. The largest absolute Gasteiger partial charge is 0.395 e. The van der Waals surface area contributed by atoms with E-state index in [1.807, 2.05) is 0 Å². The fourth-order valence-corrected chi connectivity index (χ4v) is 5.13. The summed E-state index contributed by atoms with van der Waals surface area (Å²) < 4.78 is 26.1. The molecule has 1 aromatic heterocycles. The molecule has 0 amide bonds. The third-order valence-corrected chi connectivity index (χ3v) is 6.82. The van der Waals surface area contributed by atoms with Gasteiger partial charge in [-0.2, -0.15) is 4.31 Å². The second kappa shape index (κ2) is 5.79. The maximum absolute atomic E-state index is 12.1. The Kier molecular flexibility index (Phi) is 5.21. The zero-order valence-electron chi connectivity index (χ0n) is 8.48. The molecule has 1 N–H and O–H groups in total. The minimum Gasteiger partial charge on any atom is -0.395 e. The summed E-state index contributed by atoms with van der Waals surface area (Å²) >= 11 is 10.0. The molecule has 0 aromatic carbocycles. The van der Waals surface area contributed by atoms with Crippen molar-refractivity contribution < 1.29 is 13.5 Å². The molecule has 92 valence electrons. The van der Waals surface area contributed by atoms with Crippen LogP contribution in [-0.2, 0) is 10.0 Å². The average Bonchev–Trinajstić information content (AvgIpc) is 2.56. The van der Waals surface area contributed by atoms with E-state index in [0.29, 0.717) is 15.4 Å². The van der Waals surface area contributed by atoms with Crippen LogP contribution in [0, 0.1) is 0 Å². The molecule has 0 aliphatic heterocycles. The van der Waals surface area contributed by atoms with Crippen molar-refractivity contribution in [2.45, 2.75) is 11.1 Å². The molecule has 0 saturated carbocycles. The van der Waals surface area contributed by atoms with Gasteiger partial charge in [-0.05, 0) is 22.0 Å². The van der Waals surface area contributed by atoms with Crippen molar-refractivity contribution in [2.75, 3.05) is 19.7 Å². The first-order valence-electron chi connectivity index (χ1n) is 4.49. The Morgan fingerprint density at radius 3 is 2.62 bits per heavy atom. The lowest BCUT2D eigenvalue weighted by molar-refractivity contribution is 0.257. The van der Waals surface area contributed by atoms with Crippen LogP contribution < -0.4 is 0 Å². The number of sulfonamides is 1. The van der Waals surface area contributed by atoms with Crippen LogP contribution in [0.15, 0.2) is 14.1 Å². The zero-order chi connectivity index (χ0) is 12.3. The molecule has 0 fully saturated rings. The van der Waals surface area contributed by atoms with Crippen LogP contribution in [0.1, 0.15) is 6.92 Å². The van der Waals surface area contributed by atoms with Gasteiger partial charge in [0.1, 0.15) is 4.21 Å². The molecule has 0 radical (unpaired) electrons. The number of aliphatic hydroxyl groups excluding tert-OH is 1. The lowest BCUT2D eigenvalue weighted by Gasteiger charge is -2.17. The van der Waals surface area contributed by atoms with Crippen LogP contribution in [0.5, 0.6) is 0 Å². The summed E-state index contributed by atoms with van der Waals surface area (Å²) in [5.74, 6) is 0. The van der Waals surface area contributed by atoms with Crippen molar-refractivity contribution >= 4 is 48.9 Å². The first kappa shape index (κ1) is 14.4. The normalized spacial score (nSPS) is 12.3. The molecular formula is C8H11BrClNO3S2. The molecule has 8 heteroatoms. The molecule has 1 aromatic rings. The van der Waals surface area contributed by atoms with Crippen LogP contribution in [-0.4, -0.2) is 37.5 Å². The number of likely N-dealkylation sites (N-methyl/N-ethyl adjacent to an activating group) is 1. The highest BCUT2D eigenvalue weighted by Gasteiger charge is 2.25. The van der Waals surface area contributed by atoms with E-state index in [2.05, 4.69) is 15.9 Å². The Hall–Kier alpha value is 0.340. The Bertz CT molecular complexity index is 440. The molecule has 4 nitrogen and oxygen atoms in total. The molecule has 0 aliphatic rings. The highest BCUT2D eigenvalue weighted by molar-refractivity contribution is 9.11. The average molecular weight is 349 g/mol. The smallest absolute Gasteiger partial charge is 0.252 e. The zero-order valence-corrected chi connectivity index (χ0v) is 12.5. The van der Waals surface area contributed by atoms with E-state index < -0.39 is 10.0 Å². The van der Waals surface area contributed by atoms with Crippen molar-refractivity contribution in [3.05, 3.63) is 14.9 Å². The molecule has 0 unspecified atom stereocenters. The van der Waals surface area contributed by atoms with Crippen molar-refractivity contribution in [3.63, 3.8) is 0 Å². The van der Waals surface area contributed by atoms with E-state index in [0.717, 1.165) is 11.3 Å². The molecule has 0 atom stereocenters. The predicted octanol–water partition coefficient (Wildman–Crippen LogP) is 2.17. The monoisotopic (exact) mass is 347 g/mol. The van der Waals surface area contributed by atoms with Gasteiger partial charge in [0.2, 0.25) is 0 Å². The Balaban J connectivity index is 3.09. The minimum atomic E-state index is -3.54. The summed E-state index contributed by atoms with van der Waals surface area (Å²) in [5, 5.41) is 9.18. The number of nitrogens with zero attached hydrogens (tertiary/aromatic N) is 1. The molecule has 0 bridgehead atoms. The minimum absolute atomic E-state index is 0.0893. The summed E-state index contributed by atoms with van der Waals surface area (Å²) in [6.45, 7) is 1.92. The maximum Gasteiger partial charge on any atom is 0.252 e. The van der Waals surface area contributed by atoms with Gasteiger partial charge in [0, 0.05) is 13.1 Å². The first-order valence-corrected chi connectivity index (χ1v) is 7.92. The number of hydrogen-bond acceptors (Lipinski definition) is 4. The van der Waals surface area contributed by atoms with E-state index in [4.69, 9.17) is 16.7 Å². The van der Waals surface area contributed by atoms with Crippen LogP contribution in [0.2, 0.25) is 5.02 Å². The van der Waals surface area contributed by atoms with Crippen LogP contribution in [0.25, 0.3) is 0 Å². The Morgan fingerprint density at radius 2 is 2.25 bits per heavy atom. The van der Waals surface area contributed by atoms with Gasteiger partial charge in [0.25, 0.3) is 10.0 Å². The highest BCUT2D eigenvalue weighted by atomic mass is 79.9. The topological polar surface area (TPSA) is 57.6 Å². The lowest BCUT2D eigenvalue weighted by atomic mass is 10.6. The van der Waals surface area contributed by atoms with Gasteiger partial charge < -0.3 is 5.11 Å². The van der Waals surface area contributed by atoms with Crippen molar-refractivity contribution in [1.29, 1.82) is 0 Å². The second-order valence-corrected chi connectivity index (χ2v) is 7.85. The third kappa shape index (κ3) is 2.96. The van der Waals surface area contributed by atoms with E-state index >= 15 is 0 Å². The fourth-order valence-electron chi connectivity index (χ4n) is 1.14. The van der Waals surface area contributed by atoms with Crippen molar-refractivity contribution in [1.82, 2.24) is 4.31 Å². The van der Waals surface area contributed by atoms with Gasteiger partial charge in [-0.1, -0.05) is 18.5 Å². The van der Waals surface area contributed by atoms with Gasteiger partial charge in [-0.15, -0.1) is 11.3 Å². The maximum atomic E-state index is 12.1. The van der Waals surface area contributed by atoms with Crippen LogP contribution in [0.4, 0.5) is 0 Å². The summed E-state index contributed by atoms with van der Waals surface area (Å²) in [6, 6.07) is 1.41. The fraction of sp³-hybridized carbons (Fsp3) is 0.500. The van der Waals surface area contributed by atoms with Gasteiger partial charge in [-0.25, -0.2) is 8.42 Å². The van der Waals surface area contributed by atoms with E-state index in [1.54, 1.807) is 6.92 Å². The quantitative estimate of drug-likeness (QED) is 0.887. The van der Waals surface area contributed by atoms with E-state index in [-0.39, 0.29) is 17.4 Å². The lowest BCUT2D eigenvalue weighted by Crippen LogP contribution is -2.32. The summed E-state index contributed by atoms with van der Waals surface area (Å²) in [4.78, 5) is 0. The number of rotatable bonds is 5. The summed E-state index contributed by atoms with van der Waals surface area (Å²) in [5.41, 5.74) is 0. The first-order chi connectivity index (χ1) is 7.43. The van der Waals surface area contributed by atoms with E-state index in [1.165, 1.54) is 10.4 Å². The third-order valence-electron chi connectivity index (χ3n) is 1.92. The van der Waals surface area contributed by atoms with Gasteiger partial charge in [0.05, 0.1) is 15.4 Å². The Labute approximate surface area is 112 Å². The molecule has 1 rings (SSSR count). The van der Waals surface area contributed by atoms with Crippen LogP contribution in [0.3, 0.4) is 0 Å². The van der Waals surface area contributed by atoms with Crippen molar-refractivity contribution in [2.24, 2.45) is 0 Å². The molecule has 1 heterocycles. The molecule has 16 heavy (non-hydrogen) atoms. The summed E-state index contributed by atoms with van der Waals surface area (Å²) in [7, 11) is -3.54. The predicted molar refractivity (Wildman–Crippen MR) is 68.5 cm³/mol. The standard InChI is InChI=1S/C8H11BrClNO3S2/c1-2-11(3-4-12)16(13,14)7-5-6(10)8(9)15-7/h5,12H,2-4H2,1H3. The Morgan fingerprint density at radius 1 is 1.62 bits per heavy atom. The number of aliphatic hydroxyl groups is 1. The molecule has 0 aliphatic carbocycles. The molecular weight excluding hydrogens is 338 g/mol. The van der Waals surface area contributed by atoms with Crippen molar-refractivity contribution in [3.8, 4) is 0 Å².